The Bertz CT molecular complexity index is 917. The molecule has 25 heavy (non-hydrogen) atoms. The van der Waals surface area contributed by atoms with Gasteiger partial charge in [0, 0.05) is 15.7 Å². The molecular weight excluding hydrogens is 405 g/mol. The van der Waals surface area contributed by atoms with Crippen molar-refractivity contribution in [1.29, 1.82) is 0 Å². The van der Waals surface area contributed by atoms with Gasteiger partial charge >= 0.3 is 0 Å². The van der Waals surface area contributed by atoms with Crippen LogP contribution in [0.25, 0.3) is 11.5 Å². The van der Waals surface area contributed by atoms with E-state index in [0.29, 0.717) is 26.3 Å². The van der Waals surface area contributed by atoms with E-state index in [-0.39, 0.29) is 22.8 Å². The second kappa shape index (κ2) is 8.10. The molecule has 1 N–H and O–H groups in total. The molecule has 0 saturated carbocycles. The maximum atomic E-state index is 12.0. The molecule has 0 aliphatic rings. The Morgan fingerprint density at radius 2 is 1.88 bits per heavy atom. The van der Waals surface area contributed by atoms with Crippen molar-refractivity contribution in [2.75, 3.05) is 11.1 Å². The first-order valence-corrected chi connectivity index (χ1v) is 9.10. The predicted octanol–water partition coefficient (Wildman–Crippen LogP) is 5.43. The molecular formula is C16H10Cl3N3O2S. The molecule has 1 heterocycles. The van der Waals surface area contributed by atoms with Crippen molar-refractivity contribution in [1.82, 2.24) is 10.2 Å². The van der Waals surface area contributed by atoms with Gasteiger partial charge in [0.2, 0.25) is 11.8 Å². The summed E-state index contributed by atoms with van der Waals surface area (Å²) in [5.74, 6) is 0.165. The molecule has 128 valence electrons. The summed E-state index contributed by atoms with van der Waals surface area (Å²) in [6.07, 6.45) is 0. The second-order valence-electron chi connectivity index (χ2n) is 4.84. The first-order valence-electron chi connectivity index (χ1n) is 6.98. The van der Waals surface area contributed by atoms with Gasteiger partial charge in [0.15, 0.2) is 0 Å². The highest BCUT2D eigenvalue weighted by molar-refractivity contribution is 7.99. The summed E-state index contributed by atoms with van der Waals surface area (Å²) < 4.78 is 5.52. The molecule has 0 spiro atoms. The first kappa shape index (κ1) is 18.1. The molecule has 1 amide bonds. The zero-order valence-corrected chi connectivity index (χ0v) is 15.6. The number of aromatic nitrogens is 2. The van der Waals surface area contributed by atoms with Crippen LogP contribution in [0.4, 0.5) is 5.69 Å². The standard InChI is InChI=1S/C16H10Cl3N3O2S/c17-9-2-1-3-11(6-9)20-14(23)8-25-16-22-21-15(24-16)12-5-4-10(18)7-13(12)19/h1-7H,8H2,(H,20,23). The molecule has 0 aliphatic carbocycles. The van der Waals surface area contributed by atoms with E-state index in [0.717, 1.165) is 11.8 Å². The molecule has 2 aromatic carbocycles. The van der Waals surface area contributed by atoms with E-state index in [4.69, 9.17) is 39.2 Å². The average molecular weight is 415 g/mol. The van der Waals surface area contributed by atoms with Crippen LogP contribution in [0.5, 0.6) is 0 Å². The van der Waals surface area contributed by atoms with Crippen LogP contribution in [0.2, 0.25) is 15.1 Å². The molecule has 0 saturated heterocycles. The summed E-state index contributed by atoms with van der Waals surface area (Å²) in [7, 11) is 0. The molecule has 0 fully saturated rings. The van der Waals surface area contributed by atoms with Crippen LogP contribution in [-0.2, 0) is 4.79 Å². The fourth-order valence-corrected chi connectivity index (χ4v) is 3.17. The minimum Gasteiger partial charge on any atom is -0.411 e. The second-order valence-corrected chi connectivity index (χ2v) is 7.05. The van der Waals surface area contributed by atoms with Gasteiger partial charge in [-0.2, -0.15) is 0 Å². The first-order chi connectivity index (χ1) is 12.0. The van der Waals surface area contributed by atoms with E-state index in [2.05, 4.69) is 15.5 Å². The minimum absolute atomic E-state index is 0.114. The van der Waals surface area contributed by atoms with E-state index >= 15 is 0 Å². The lowest BCUT2D eigenvalue weighted by Crippen LogP contribution is -2.13. The summed E-state index contributed by atoms with van der Waals surface area (Å²) in [5, 5.41) is 12.3. The molecule has 3 aromatic rings. The van der Waals surface area contributed by atoms with E-state index in [9.17, 15) is 4.79 Å². The maximum absolute atomic E-state index is 12.0. The van der Waals surface area contributed by atoms with Gasteiger partial charge in [0.25, 0.3) is 5.22 Å². The van der Waals surface area contributed by atoms with Gasteiger partial charge in [-0.15, -0.1) is 10.2 Å². The number of hydrogen-bond donors (Lipinski definition) is 1. The number of rotatable bonds is 5. The highest BCUT2D eigenvalue weighted by Gasteiger charge is 2.14. The molecule has 0 aliphatic heterocycles. The molecule has 5 nitrogen and oxygen atoms in total. The Hall–Kier alpha value is -1.73. The predicted molar refractivity (Wildman–Crippen MR) is 101 cm³/mol. The lowest BCUT2D eigenvalue weighted by atomic mass is 10.2. The average Bonchev–Trinajstić information content (AvgIpc) is 3.01. The number of hydrogen-bond acceptors (Lipinski definition) is 5. The smallest absolute Gasteiger partial charge is 0.277 e. The van der Waals surface area contributed by atoms with Gasteiger partial charge in [-0.1, -0.05) is 52.6 Å². The summed E-state index contributed by atoms with van der Waals surface area (Å²) in [6, 6.07) is 11.9. The minimum atomic E-state index is -0.212. The zero-order chi connectivity index (χ0) is 17.8. The van der Waals surface area contributed by atoms with Crippen LogP contribution in [0.15, 0.2) is 52.1 Å². The third-order valence-electron chi connectivity index (χ3n) is 3.00. The van der Waals surface area contributed by atoms with Crippen molar-refractivity contribution < 1.29 is 9.21 Å². The number of nitrogens with zero attached hydrogens (tertiary/aromatic N) is 2. The van der Waals surface area contributed by atoms with Gasteiger partial charge in [0.1, 0.15) is 0 Å². The van der Waals surface area contributed by atoms with Crippen molar-refractivity contribution in [3.05, 3.63) is 57.5 Å². The number of carbonyl (C=O) groups is 1. The lowest BCUT2D eigenvalue weighted by Gasteiger charge is -2.04. The topological polar surface area (TPSA) is 68.0 Å². The Kier molecular flexibility index (Phi) is 5.86. The number of halogens is 3. The van der Waals surface area contributed by atoms with Crippen molar-refractivity contribution in [3.8, 4) is 11.5 Å². The number of amides is 1. The van der Waals surface area contributed by atoms with Crippen LogP contribution in [0, 0.1) is 0 Å². The highest BCUT2D eigenvalue weighted by atomic mass is 35.5. The summed E-state index contributed by atoms with van der Waals surface area (Å²) in [4.78, 5) is 12.0. The molecule has 3 rings (SSSR count). The van der Waals surface area contributed by atoms with Crippen LogP contribution < -0.4 is 5.32 Å². The molecule has 0 bridgehead atoms. The largest absolute Gasteiger partial charge is 0.411 e. The Balaban J connectivity index is 1.61. The van der Waals surface area contributed by atoms with Gasteiger partial charge in [0.05, 0.1) is 16.3 Å². The molecule has 9 heteroatoms. The van der Waals surface area contributed by atoms with Crippen LogP contribution in [-0.4, -0.2) is 21.9 Å². The summed E-state index contributed by atoms with van der Waals surface area (Å²) in [5.41, 5.74) is 1.20. The van der Waals surface area contributed by atoms with Crippen LogP contribution in [0.1, 0.15) is 0 Å². The fourth-order valence-electron chi connectivity index (χ4n) is 1.93. The maximum Gasteiger partial charge on any atom is 0.277 e. The molecule has 0 unspecified atom stereocenters. The fraction of sp³-hybridized carbons (Fsp3) is 0.0625. The lowest BCUT2D eigenvalue weighted by molar-refractivity contribution is -0.113. The van der Waals surface area contributed by atoms with E-state index in [1.54, 1.807) is 42.5 Å². The number of carbonyl (C=O) groups excluding carboxylic acids is 1. The number of anilines is 1. The van der Waals surface area contributed by atoms with Crippen molar-refractivity contribution in [2.45, 2.75) is 5.22 Å². The Labute approximate surface area is 162 Å². The Morgan fingerprint density at radius 3 is 2.64 bits per heavy atom. The number of thioether (sulfide) groups is 1. The highest BCUT2D eigenvalue weighted by Crippen LogP contribution is 2.31. The Morgan fingerprint density at radius 1 is 1.08 bits per heavy atom. The molecule has 0 radical (unpaired) electrons. The summed E-state index contributed by atoms with van der Waals surface area (Å²) in [6.45, 7) is 0. The molecule has 0 atom stereocenters. The number of benzene rings is 2. The van der Waals surface area contributed by atoms with Gasteiger partial charge in [-0.05, 0) is 36.4 Å². The van der Waals surface area contributed by atoms with Crippen molar-refractivity contribution in [2.24, 2.45) is 0 Å². The number of nitrogens with one attached hydrogen (secondary N) is 1. The van der Waals surface area contributed by atoms with Crippen molar-refractivity contribution >= 4 is 58.2 Å². The van der Waals surface area contributed by atoms with Gasteiger partial charge in [-0.25, -0.2) is 0 Å². The third kappa shape index (κ3) is 4.89. The quantitative estimate of drug-likeness (QED) is 0.564. The van der Waals surface area contributed by atoms with Crippen LogP contribution in [0.3, 0.4) is 0 Å². The normalized spacial score (nSPS) is 10.7. The monoisotopic (exact) mass is 413 g/mol. The SMILES string of the molecule is O=C(CSc1nnc(-c2ccc(Cl)cc2Cl)o1)Nc1cccc(Cl)c1. The zero-order valence-electron chi connectivity index (χ0n) is 12.5. The summed E-state index contributed by atoms with van der Waals surface area (Å²) >= 11 is 19.0. The van der Waals surface area contributed by atoms with Gasteiger partial charge in [-0.3, -0.25) is 4.79 Å². The van der Waals surface area contributed by atoms with E-state index in [1.807, 2.05) is 0 Å². The van der Waals surface area contributed by atoms with Gasteiger partial charge < -0.3 is 9.73 Å². The molecule has 1 aromatic heterocycles. The van der Waals surface area contributed by atoms with E-state index < -0.39 is 0 Å². The van der Waals surface area contributed by atoms with E-state index in [1.165, 1.54) is 0 Å². The van der Waals surface area contributed by atoms with Crippen LogP contribution >= 0.6 is 46.6 Å². The third-order valence-corrected chi connectivity index (χ3v) is 4.60. The van der Waals surface area contributed by atoms with Crippen molar-refractivity contribution in [3.63, 3.8) is 0 Å².